The first-order chi connectivity index (χ1) is 46.0. The standard InChI is InChI=1S/2C25H30N2O3S.C22H26N2O3S.C4H9NO/c2*1-14-11-24(12-15(2)21(14)29-4)13-16-5-6-17(26-3)9-20(16)25(24)22(28)19(23(31)27-25)10-18-7-8-30-18;1-6-27-20(25)22(28-13-23)18-9-17(24-4)8-7-16(18)12-21(22)10-14(2)19(26-5)15(3)11-21;5-3-4-1-2-6-4/h2*5-6,9,14-15,18-19,21H,7-8,10-13H2,1-2,4H3,(H,27,31);7-9,14-15,19H,6,10-12H2,1-3,5H3;4H,1-3,5H2/t2*14-,15+,18?,19?,21?,24?,25-;14-,15+,19?,21?,22-;/m111./s1. The zero-order chi connectivity index (χ0) is 68.9. The molecule has 14 rings (SSSR count). The Labute approximate surface area is 582 Å². The van der Waals surface area contributed by atoms with Crippen LogP contribution in [0.5, 0.6) is 0 Å². The minimum Gasteiger partial charge on any atom is -0.465 e. The van der Waals surface area contributed by atoms with Gasteiger partial charge in [0.2, 0.25) is 0 Å². The first kappa shape index (κ1) is 71.6. The zero-order valence-electron chi connectivity index (χ0n) is 57.4. The third-order valence-corrected chi connectivity index (χ3v) is 26.3. The Balaban J connectivity index is 0.000000140. The minimum absolute atomic E-state index is 0.123. The third-order valence-electron chi connectivity index (χ3n) is 24.3. The molecule has 3 aromatic carbocycles. The number of carbonyl (C=O) groups excluding carboxylic acids is 3. The molecular weight excluding hydrogens is 1270 g/mol. The molecule has 0 bridgehead atoms. The van der Waals surface area contributed by atoms with Crippen molar-refractivity contribution in [2.45, 2.75) is 191 Å². The number of esters is 1. The smallest absolute Gasteiger partial charge is 0.328 e. The van der Waals surface area contributed by atoms with E-state index in [9.17, 15) is 19.6 Å². The molecule has 0 radical (unpaired) electrons. The minimum atomic E-state index is -1.12. The van der Waals surface area contributed by atoms with Crippen LogP contribution in [0.25, 0.3) is 14.5 Å². The number of benzene rings is 3. The molecule has 512 valence electrons. The van der Waals surface area contributed by atoms with Crippen molar-refractivity contribution in [3.8, 4) is 5.40 Å². The molecule has 20 heteroatoms. The number of hydrogen-bond acceptors (Lipinski definition) is 15. The number of Topliss-reactive ketones (excluding diaryl/α,β-unsaturated/α-hetero) is 2. The highest BCUT2D eigenvalue weighted by atomic mass is 32.2. The van der Waals surface area contributed by atoms with E-state index in [1.807, 2.05) is 30.3 Å². The van der Waals surface area contributed by atoms with Crippen LogP contribution in [0, 0.1) is 94.0 Å². The predicted octanol–water partition coefficient (Wildman–Crippen LogP) is 13.3. The van der Waals surface area contributed by atoms with Gasteiger partial charge in [-0.1, -0.05) is 121 Å². The lowest BCUT2D eigenvalue weighted by Gasteiger charge is -2.52. The normalized spacial score (nSPS) is 38.4. The van der Waals surface area contributed by atoms with E-state index in [1.165, 1.54) is 11.1 Å². The molecule has 96 heavy (non-hydrogen) atoms. The van der Waals surface area contributed by atoms with Gasteiger partial charge in [0, 0.05) is 63.9 Å². The number of methoxy groups -OCH3 is 3. The molecule has 8 fully saturated rings. The highest BCUT2D eigenvalue weighted by Gasteiger charge is 2.71. The maximum Gasteiger partial charge on any atom is 0.328 e. The second-order valence-corrected chi connectivity index (χ2v) is 31.8. The Morgan fingerprint density at radius 3 is 1.22 bits per heavy atom. The first-order valence-corrected chi connectivity index (χ1v) is 36.3. The molecule has 11 aliphatic rings. The molecule has 6 aliphatic carbocycles. The zero-order valence-corrected chi connectivity index (χ0v) is 59.8. The van der Waals surface area contributed by atoms with Crippen LogP contribution in [0.1, 0.15) is 152 Å². The van der Waals surface area contributed by atoms with Gasteiger partial charge in [0.15, 0.2) is 33.4 Å². The molecule has 5 heterocycles. The molecule has 17 nitrogen and oxygen atoms in total. The summed E-state index contributed by atoms with van der Waals surface area (Å²) in [7, 11) is 5.32. The van der Waals surface area contributed by atoms with Crippen LogP contribution in [-0.2, 0) is 82.6 Å². The maximum absolute atomic E-state index is 14.3. The SMILES string of the molecule is NCC1CCO1.[C-]#[N+]c1ccc2c(c1)[C@@](SC#N)(C(=O)OCC)C1(C2)C[C@@H](C)C(OC)[C@@H](C)C1.[C-]#[N+]c1ccc2c(c1)[C@]1(NC(=S)C(CC3CCO3)C1=O)C1(C2)C[C@@H](C)C(OC)[C@@H](C)C1.[C-]#[N+]c1ccc2c(c1)[C@]1(NC(=S)C(CC3CCO3)C1=O)C1(C2)C[C@@H](C)C(OC)[C@@H](C)C1. The topological polar surface area (TPSA) is 203 Å². The number of thiocarbonyl (C=S) groups is 2. The van der Waals surface area contributed by atoms with E-state index in [0.717, 1.165) is 124 Å². The number of thiocyanates is 1. The number of hydrogen-bond donors (Lipinski definition) is 3. The van der Waals surface area contributed by atoms with Crippen LogP contribution in [-0.4, -0.2) is 118 Å². The lowest BCUT2D eigenvalue weighted by Crippen LogP contribution is -2.59. The number of thioether (sulfide) groups is 1. The van der Waals surface area contributed by atoms with E-state index in [0.29, 0.717) is 82.6 Å². The number of nitrogens with two attached hydrogens (primary N) is 1. The van der Waals surface area contributed by atoms with Gasteiger partial charge >= 0.3 is 5.97 Å². The van der Waals surface area contributed by atoms with Gasteiger partial charge in [-0.25, -0.2) is 14.5 Å². The number of ketones is 2. The predicted molar refractivity (Wildman–Crippen MR) is 376 cm³/mol. The molecule has 5 saturated heterocycles. The molecule has 5 spiro atoms. The summed E-state index contributed by atoms with van der Waals surface area (Å²) in [5.74, 6) is 1.19. The molecular formula is C76H95N7O10S3. The van der Waals surface area contributed by atoms with Gasteiger partial charge in [0.1, 0.15) is 16.5 Å². The lowest BCUT2D eigenvalue weighted by atomic mass is 9.55. The van der Waals surface area contributed by atoms with Gasteiger partial charge in [0.05, 0.1) is 84.8 Å². The Kier molecular flexibility index (Phi) is 21.2. The molecule has 5 aliphatic heterocycles. The number of nitriles is 1. The summed E-state index contributed by atoms with van der Waals surface area (Å²) in [5, 5.41) is 19.1. The fourth-order valence-corrected chi connectivity index (χ4v) is 22.3. The summed E-state index contributed by atoms with van der Waals surface area (Å²) in [4.78, 5) is 54.2. The number of nitrogens with zero attached hydrogens (tertiary/aromatic N) is 4. The highest BCUT2D eigenvalue weighted by molar-refractivity contribution is 8.05. The third kappa shape index (κ3) is 11.8. The van der Waals surface area contributed by atoms with Crippen molar-refractivity contribution >= 4 is 80.8 Å². The number of fused-ring (bicyclic) bond motifs is 7. The van der Waals surface area contributed by atoms with Crippen molar-refractivity contribution in [1.82, 2.24) is 10.6 Å². The fraction of sp³-hybridized carbons (Fsp3) is 0.645. The van der Waals surface area contributed by atoms with E-state index in [1.54, 1.807) is 40.4 Å². The van der Waals surface area contributed by atoms with Gasteiger partial charge in [-0.15, -0.1) is 0 Å². The van der Waals surface area contributed by atoms with Crippen molar-refractivity contribution < 1.29 is 47.5 Å². The summed E-state index contributed by atoms with van der Waals surface area (Å²) >= 11 is 12.6. The molecule has 0 amide bonds. The molecule has 4 N–H and O–H groups in total. The van der Waals surface area contributed by atoms with Gasteiger partial charge in [-0.05, 0) is 177 Å². The van der Waals surface area contributed by atoms with Gasteiger partial charge in [-0.3, -0.25) is 14.4 Å². The van der Waals surface area contributed by atoms with Crippen molar-refractivity contribution in [3.63, 3.8) is 0 Å². The summed E-state index contributed by atoms with van der Waals surface area (Å²) in [5.41, 5.74) is 10.3. The Morgan fingerprint density at radius 2 is 0.927 bits per heavy atom. The van der Waals surface area contributed by atoms with Crippen molar-refractivity contribution in [2.24, 2.45) is 69.3 Å². The van der Waals surface area contributed by atoms with Crippen LogP contribution >= 0.6 is 36.2 Å². The quantitative estimate of drug-likeness (QED) is 0.0707. The van der Waals surface area contributed by atoms with Crippen molar-refractivity contribution in [2.75, 3.05) is 54.3 Å². The number of nitrogens with one attached hydrogen (secondary N) is 2. The highest BCUT2D eigenvalue weighted by Crippen LogP contribution is 2.68. The Morgan fingerprint density at radius 1 is 0.594 bits per heavy atom. The van der Waals surface area contributed by atoms with Crippen LogP contribution < -0.4 is 16.4 Å². The molecule has 20 atom stereocenters. The van der Waals surface area contributed by atoms with E-state index < -0.39 is 21.2 Å². The summed E-state index contributed by atoms with van der Waals surface area (Å²) in [6.45, 7) is 40.9. The molecule has 3 aromatic rings. The average molecular weight is 1360 g/mol. The fourth-order valence-electron chi connectivity index (χ4n) is 20.6. The van der Waals surface area contributed by atoms with Crippen LogP contribution in [0.3, 0.4) is 0 Å². The lowest BCUT2D eigenvalue weighted by molar-refractivity contribution is -0.154. The number of carbonyl (C=O) groups is 3. The summed E-state index contributed by atoms with van der Waals surface area (Å²) in [6.07, 6.45) is 13.1. The summed E-state index contributed by atoms with van der Waals surface area (Å²) < 4.78 is 38.1. The monoisotopic (exact) mass is 1360 g/mol. The van der Waals surface area contributed by atoms with Crippen molar-refractivity contribution in [1.29, 1.82) is 5.26 Å². The van der Waals surface area contributed by atoms with Crippen molar-refractivity contribution in [3.05, 3.63) is 122 Å². The van der Waals surface area contributed by atoms with Gasteiger partial charge < -0.3 is 49.5 Å². The van der Waals surface area contributed by atoms with Crippen LogP contribution in [0.2, 0.25) is 0 Å². The van der Waals surface area contributed by atoms with E-state index >= 15 is 0 Å². The van der Waals surface area contributed by atoms with E-state index in [2.05, 4.69) is 84.2 Å². The number of rotatable bonds is 11. The molecule has 0 aromatic heterocycles. The Hall–Kier alpha value is -5.72. The summed E-state index contributed by atoms with van der Waals surface area (Å²) in [6, 6.07) is 17.3. The number of ether oxygens (including phenoxy) is 7. The second kappa shape index (κ2) is 28.5. The van der Waals surface area contributed by atoms with Gasteiger partial charge in [0.25, 0.3) is 0 Å². The largest absolute Gasteiger partial charge is 0.465 e. The van der Waals surface area contributed by atoms with E-state index in [-0.39, 0.29) is 89.2 Å². The molecule has 3 saturated carbocycles. The van der Waals surface area contributed by atoms with Gasteiger partial charge in [-0.2, -0.15) is 5.26 Å². The van der Waals surface area contributed by atoms with E-state index in [4.69, 9.17) is 83.0 Å². The second-order valence-electron chi connectivity index (χ2n) is 29.9. The molecule has 11 unspecified atom stereocenters. The first-order valence-electron chi connectivity index (χ1n) is 34.6. The van der Waals surface area contributed by atoms with Crippen LogP contribution in [0.15, 0.2) is 54.6 Å². The average Bonchev–Trinajstić information content (AvgIpc) is 1.53. The van der Waals surface area contributed by atoms with Crippen LogP contribution in [0.4, 0.5) is 17.1 Å². The Bertz CT molecular complexity index is 3480. The maximum atomic E-state index is 14.3.